The average molecular weight is 263 g/mol. The molecular weight excluding hydrogens is 246 g/mol. The Balaban J connectivity index is 1.92. The van der Waals surface area contributed by atoms with Crippen molar-refractivity contribution in [3.8, 4) is 0 Å². The molecule has 0 amide bonds. The van der Waals surface area contributed by atoms with E-state index in [-0.39, 0.29) is 6.10 Å². The number of aryl methyl sites for hydroxylation is 1. The number of hydrogen-bond donors (Lipinski definition) is 1. The Hall–Kier alpha value is -2.06. The van der Waals surface area contributed by atoms with Crippen LogP contribution in [-0.2, 0) is 13.0 Å². The maximum Gasteiger partial charge on any atom is 0.0946 e. The number of nitrogens with zero attached hydrogens (tertiary/aromatic N) is 1. The molecule has 0 spiro atoms. The largest absolute Gasteiger partial charge is 0.387 e. The van der Waals surface area contributed by atoms with Gasteiger partial charge in [-0.15, -0.1) is 0 Å². The number of aliphatic hydroxyl groups excluding tert-OH is 1. The quantitative estimate of drug-likeness (QED) is 0.750. The first-order valence-electron chi connectivity index (χ1n) is 7.16. The summed E-state index contributed by atoms with van der Waals surface area (Å²) in [5, 5.41) is 11.6. The van der Waals surface area contributed by atoms with Crippen LogP contribution in [0.1, 0.15) is 29.3 Å². The van der Waals surface area contributed by atoms with E-state index < -0.39 is 0 Å². The summed E-state index contributed by atoms with van der Waals surface area (Å²) in [6.07, 6.45) is 1.52. The summed E-state index contributed by atoms with van der Waals surface area (Å²) in [6, 6.07) is 18.9. The number of hydrogen-bond acceptors (Lipinski definition) is 1. The highest BCUT2D eigenvalue weighted by Crippen LogP contribution is 2.38. The van der Waals surface area contributed by atoms with Crippen molar-refractivity contribution in [3.05, 3.63) is 71.4 Å². The normalized spacial score (nSPS) is 17.6. The predicted octanol–water partition coefficient (Wildman–Crippen LogP) is 3.67. The van der Waals surface area contributed by atoms with Crippen LogP contribution in [0, 0.1) is 0 Å². The highest BCUT2D eigenvalue weighted by Gasteiger charge is 2.28. The molecule has 2 heteroatoms. The summed E-state index contributed by atoms with van der Waals surface area (Å²) in [6.45, 7) is 0.827. The topological polar surface area (TPSA) is 25.2 Å². The minimum absolute atomic E-state index is 0.318. The molecule has 3 aromatic rings. The SMILES string of the molecule is O[C@H]1CCc2c1n(Cc1ccccc1)c1ccccc21. The lowest BCUT2D eigenvalue weighted by atomic mass is 10.1. The maximum atomic E-state index is 10.3. The fourth-order valence-corrected chi connectivity index (χ4v) is 3.39. The second kappa shape index (κ2) is 4.50. The minimum Gasteiger partial charge on any atom is -0.387 e. The molecule has 1 aliphatic rings. The van der Waals surface area contributed by atoms with E-state index in [1.165, 1.54) is 22.0 Å². The Kier molecular flexibility index (Phi) is 2.64. The van der Waals surface area contributed by atoms with Crippen molar-refractivity contribution in [2.45, 2.75) is 25.5 Å². The van der Waals surface area contributed by atoms with E-state index >= 15 is 0 Å². The molecule has 1 atom stereocenters. The average Bonchev–Trinajstić information content (AvgIpc) is 3.01. The second-order valence-corrected chi connectivity index (χ2v) is 5.51. The molecule has 1 aromatic heterocycles. The van der Waals surface area contributed by atoms with Crippen molar-refractivity contribution in [1.82, 2.24) is 4.57 Å². The van der Waals surface area contributed by atoms with Gasteiger partial charge in [0.2, 0.25) is 0 Å². The van der Waals surface area contributed by atoms with Crippen molar-refractivity contribution in [2.75, 3.05) is 0 Å². The zero-order chi connectivity index (χ0) is 13.5. The van der Waals surface area contributed by atoms with Crippen molar-refractivity contribution in [1.29, 1.82) is 0 Å². The molecule has 0 bridgehead atoms. The number of rotatable bonds is 2. The molecule has 0 aliphatic heterocycles. The molecule has 0 fully saturated rings. The molecule has 1 heterocycles. The molecule has 4 rings (SSSR count). The fourth-order valence-electron chi connectivity index (χ4n) is 3.39. The molecular formula is C18H17NO. The van der Waals surface area contributed by atoms with E-state index in [0.717, 1.165) is 25.1 Å². The Morgan fingerprint density at radius 3 is 2.60 bits per heavy atom. The zero-order valence-electron chi connectivity index (χ0n) is 11.3. The molecule has 0 saturated heterocycles. The summed E-state index contributed by atoms with van der Waals surface area (Å²) in [5.41, 5.74) is 4.97. The lowest BCUT2D eigenvalue weighted by molar-refractivity contribution is 0.172. The third kappa shape index (κ3) is 1.69. The van der Waals surface area contributed by atoms with Gasteiger partial charge in [-0.1, -0.05) is 48.5 Å². The Bertz CT molecular complexity index is 758. The van der Waals surface area contributed by atoms with E-state index in [1.54, 1.807) is 0 Å². The van der Waals surface area contributed by atoms with Crippen LogP contribution in [0.5, 0.6) is 0 Å². The molecule has 0 radical (unpaired) electrons. The lowest BCUT2D eigenvalue weighted by Crippen LogP contribution is -2.06. The molecule has 100 valence electrons. The van der Waals surface area contributed by atoms with Gasteiger partial charge < -0.3 is 9.67 Å². The van der Waals surface area contributed by atoms with Gasteiger partial charge in [0.15, 0.2) is 0 Å². The van der Waals surface area contributed by atoms with Gasteiger partial charge in [-0.3, -0.25) is 0 Å². The predicted molar refractivity (Wildman–Crippen MR) is 80.8 cm³/mol. The first-order chi connectivity index (χ1) is 9.84. The van der Waals surface area contributed by atoms with Crippen molar-refractivity contribution in [3.63, 3.8) is 0 Å². The summed E-state index contributed by atoms with van der Waals surface area (Å²) >= 11 is 0. The van der Waals surface area contributed by atoms with Gasteiger partial charge in [-0.25, -0.2) is 0 Å². The Morgan fingerprint density at radius 1 is 1.00 bits per heavy atom. The van der Waals surface area contributed by atoms with Gasteiger partial charge in [0.25, 0.3) is 0 Å². The molecule has 0 saturated carbocycles. The van der Waals surface area contributed by atoms with E-state index in [2.05, 4.69) is 53.1 Å². The van der Waals surface area contributed by atoms with E-state index in [9.17, 15) is 5.11 Å². The van der Waals surface area contributed by atoms with E-state index in [4.69, 9.17) is 0 Å². The van der Waals surface area contributed by atoms with E-state index in [1.807, 2.05) is 6.07 Å². The van der Waals surface area contributed by atoms with Gasteiger partial charge in [0.05, 0.1) is 11.8 Å². The van der Waals surface area contributed by atoms with Crippen LogP contribution in [0.25, 0.3) is 10.9 Å². The standard InChI is InChI=1S/C18H17NO/c20-17-11-10-15-14-8-4-5-9-16(14)19(18(15)17)12-13-6-2-1-3-7-13/h1-9,17,20H,10-12H2/t17-/m0/s1. The van der Waals surface area contributed by atoms with Crippen LogP contribution in [0.3, 0.4) is 0 Å². The van der Waals surface area contributed by atoms with E-state index in [0.29, 0.717) is 0 Å². The number of fused-ring (bicyclic) bond motifs is 3. The molecule has 1 aliphatic carbocycles. The van der Waals surface area contributed by atoms with Crippen LogP contribution in [0.15, 0.2) is 54.6 Å². The van der Waals surface area contributed by atoms with Gasteiger partial charge in [0.1, 0.15) is 0 Å². The first-order valence-corrected chi connectivity index (χ1v) is 7.16. The van der Waals surface area contributed by atoms with Crippen molar-refractivity contribution in [2.24, 2.45) is 0 Å². The summed E-state index contributed by atoms with van der Waals surface area (Å²) in [7, 11) is 0. The van der Waals surface area contributed by atoms with Gasteiger partial charge >= 0.3 is 0 Å². The zero-order valence-corrected chi connectivity index (χ0v) is 11.3. The molecule has 1 N–H and O–H groups in total. The van der Waals surface area contributed by atoms with Gasteiger partial charge in [-0.2, -0.15) is 0 Å². The number of para-hydroxylation sites is 1. The third-order valence-corrected chi connectivity index (χ3v) is 4.29. The smallest absolute Gasteiger partial charge is 0.0946 e. The minimum atomic E-state index is -0.318. The molecule has 0 unspecified atom stereocenters. The number of aromatic nitrogens is 1. The van der Waals surface area contributed by atoms with Gasteiger partial charge in [0, 0.05) is 17.4 Å². The first kappa shape index (κ1) is 11.7. The highest BCUT2D eigenvalue weighted by atomic mass is 16.3. The molecule has 2 nitrogen and oxygen atoms in total. The molecule has 2 aromatic carbocycles. The maximum absolute atomic E-state index is 10.3. The summed E-state index contributed by atoms with van der Waals surface area (Å²) in [5.74, 6) is 0. The van der Waals surface area contributed by atoms with Crippen LogP contribution in [0.2, 0.25) is 0 Å². The Labute approximate surface area is 118 Å². The van der Waals surface area contributed by atoms with Crippen LogP contribution in [0.4, 0.5) is 0 Å². The Morgan fingerprint density at radius 2 is 1.75 bits per heavy atom. The van der Waals surface area contributed by atoms with Crippen LogP contribution < -0.4 is 0 Å². The monoisotopic (exact) mass is 263 g/mol. The van der Waals surface area contributed by atoms with Crippen LogP contribution >= 0.6 is 0 Å². The number of benzene rings is 2. The second-order valence-electron chi connectivity index (χ2n) is 5.51. The van der Waals surface area contributed by atoms with Gasteiger partial charge in [-0.05, 0) is 30.0 Å². The summed E-state index contributed by atoms with van der Waals surface area (Å²) < 4.78 is 2.29. The highest BCUT2D eigenvalue weighted by molar-refractivity contribution is 5.86. The van der Waals surface area contributed by atoms with Crippen LogP contribution in [-0.4, -0.2) is 9.67 Å². The number of aliphatic hydroxyl groups is 1. The van der Waals surface area contributed by atoms with Crippen molar-refractivity contribution >= 4 is 10.9 Å². The summed E-state index contributed by atoms with van der Waals surface area (Å²) in [4.78, 5) is 0. The lowest BCUT2D eigenvalue weighted by Gasteiger charge is -2.12. The fraction of sp³-hybridized carbons (Fsp3) is 0.222. The third-order valence-electron chi connectivity index (χ3n) is 4.29. The van der Waals surface area contributed by atoms with Crippen molar-refractivity contribution < 1.29 is 5.11 Å². The molecule has 20 heavy (non-hydrogen) atoms.